The fourth-order valence-electron chi connectivity index (χ4n) is 0.783. The smallest absolute Gasteiger partial charge is 0.543 e. The summed E-state index contributed by atoms with van der Waals surface area (Å²) >= 11 is 4.79. The van der Waals surface area contributed by atoms with Crippen molar-refractivity contribution >= 4 is 49.3 Å². The first-order chi connectivity index (χ1) is 8.54. The van der Waals surface area contributed by atoms with Crippen LogP contribution < -0.4 is 9.79 Å². The number of hydrogen-bond donors (Lipinski definition) is 0. The Bertz CT molecular complexity index is 180. The first-order valence-electron chi connectivity index (χ1n) is 5.59. The Hall–Kier alpha value is 1.17. The molecule has 0 rings (SSSR count). The minimum absolute atomic E-state index is 0.149. The van der Waals surface area contributed by atoms with E-state index in [4.69, 9.17) is 0 Å². The van der Waals surface area contributed by atoms with Crippen molar-refractivity contribution in [2.24, 2.45) is 0 Å². The van der Waals surface area contributed by atoms with E-state index in [1.165, 1.54) is 32.1 Å². The molecule has 5 nitrogen and oxygen atoms in total. The molecule has 106 valence electrons. The van der Waals surface area contributed by atoms with Gasteiger partial charge in [0.25, 0.3) is 0 Å². The van der Waals surface area contributed by atoms with Crippen LogP contribution in [-0.2, 0) is 13.4 Å². The SMILES string of the molecule is CCC[CH2][Sn+2][CH2]CCC.CCl.O=[P+]([O-])O[P+](=O)[O-]. The van der Waals surface area contributed by atoms with Crippen molar-refractivity contribution in [2.45, 2.75) is 48.4 Å². The molecule has 0 saturated heterocycles. The average Bonchev–Trinajstić information content (AvgIpc) is 2.31. The van der Waals surface area contributed by atoms with Gasteiger partial charge < -0.3 is 9.79 Å². The maximum Gasteiger partial charge on any atom is 0.543 e. The molecule has 0 aromatic rings. The average molecular weight is 425 g/mol. The molecule has 0 bridgehead atoms. The van der Waals surface area contributed by atoms with Gasteiger partial charge in [-0.3, -0.25) is 0 Å². The molecule has 0 spiro atoms. The van der Waals surface area contributed by atoms with Crippen LogP contribution in [0.25, 0.3) is 0 Å². The van der Waals surface area contributed by atoms with E-state index in [2.05, 4.69) is 29.8 Å². The molecule has 2 unspecified atom stereocenters. The fraction of sp³-hybridized carbons (Fsp3) is 1.00. The molecule has 0 N–H and O–H groups in total. The van der Waals surface area contributed by atoms with Crippen LogP contribution in [-0.4, -0.2) is 27.5 Å². The molecule has 9 heteroatoms. The zero-order valence-corrected chi connectivity index (χ0v) is 16.5. The van der Waals surface area contributed by atoms with Crippen LogP contribution in [0.2, 0.25) is 8.87 Å². The predicted molar refractivity (Wildman–Crippen MR) is 73.3 cm³/mol. The van der Waals surface area contributed by atoms with Crippen molar-refractivity contribution in [3.63, 3.8) is 0 Å². The maximum absolute atomic E-state index is 9.24. The van der Waals surface area contributed by atoms with Crippen LogP contribution in [0.3, 0.4) is 0 Å². The number of halogens is 1. The Morgan fingerprint density at radius 3 is 1.50 bits per heavy atom. The van der Waals surface area contributed by atoms with Crippen LogP contribution in [0.4, 0.5) is 0 Å². The van der Waals surface area contributed by atoms with Crippen LogP contribution in [0.15, 0.2) is 0 Å². The maximum atomic E-state index is 9.24. The van der Waals surface area contributed by atoms with Gasteiger partial charge in [0.15, 0.2) is 0 Å². The van der Waals surface area contributed by atoms with Crippen LogP contribution in [0.5, 0.6) is 0 Å². The Balaban J connectivity index is -0.000000225. The molecule has 0 heterocycles. The molecule has 0 aliphatic carbocycles. The van der Waals surface area contributed by atoms with Crippen molar-refractivity contribution in [3.8, 4) is 0 Å². The van der Waals surface area contributed by atoms with E-state index in [9.17, 15) is 18.9 Å². The molecule has 0 radical (unpaired) electrons. The van der Waals surface area contributed by atoms with Gasteiger partial charge in [-0.1, -0.05) is 0 Å². The first-order valence-corrected chi connectivity index (χ1v) is 12.6. The standard InChI is InChI=1S/2C4H9.CH3Cl.O5P2.Sn/c2*1-3-4-2;1-2;1-6(2)5-7(3)4;/h2*1,3-4H2,2H3;1H3;;/q;;;;+2. The second-order valence-corrected chi connectivity index (χ2v) is 8.81. The van der Waals surface area contributed by atoms with Gasteiger partial charge >= 0.3 is 86.1 Å². The third-order valence-electron chi connectivity index (χ3n) is 1.55. The normalized spacial score (nSPS) is 10.1. The quantitative estimate of drug-likeness (QED) is 0.258. The largest absolute Gasteiger partial charge is 0.563 e. The van der Waals surface area contributed by atoms with Gasteiger partial charge in [0.1, 0.15) is 4.31 Å². The van der Waals surface area contributed by atoms with E-state index in [1.54, 1.807) is 8.87 Å². The van der Waals surface area contributed by atoms with Gasteiger partial charge in [0.05, 0.1) is 0 Å². The summed E-state index contributed by atoms with van der Waals surface area (Å²) in [6, 6.07) is 0. The summed E-state index contributed by atoms with van der Waals surface area (Å²) in [5.74, 6) is 0. The molecule has 0 fully saturated rings. The van der Waals surface area contributed by atoms with Crippen molar-refractivity contribution in [1.29, 1.82) is 0 Å². The van der Waals surface area contributed by atoms with Gasteiger partial charge in [-0.05, 0) is 9.13 Å². The molecule has 18 heavy (non-hydrogen) atoms. The van der Waals surface area contributed by atoms with E-state index < -0.39 is 16.5 Å². The summed E-state index contributed by atoms with van der Waals surface area (Å²) in [5.41, 5.74) is 0. The molecule has 2 atom stereocenters. The molecule has 0 amide bonds. The van der Waals surface area contributed by atoms with Crippen LogP contribution in [0, 0.1) is 0 Å². The summed E-state index contributed by atoms with van der Waals surface area (Å²) in [5, 5.41) is 0. The molecule has 0 aliphatic rings. The molecular formula is C9H21ClO5P2Sn+2. The molecule has 0 aliphatic heterocycles. The summed E-state index contributed by atoms with van der Waals surface area (Å²) < 4.78 is 24.9. The molecule has 0 aromatic heterocycles. The molecular weight excluding hydrogens is 404 g/mol. The number of unbranched alkanes of at least 4 members (excludes halogenated alkanes) is 2. The Morgan fingerprint density at radius 1 is 1.00 bits per heavy atom. The van der Waals surface area contributed by atoms with Crippen molar-refractivity contribution in [1.82, 2.24) is 0 Å². The van der Waals surface area contributed by atoms with Crippen molar-refractivity contribution < 1.29 is 23.2 Å². The topological polar surface area (TPSA) is 89.5 Å². The van der Waals surface area contributed by atoms with Crippen molar-refractivity contribution in [2.75, 3.05) is 6.38 Å². The van der Waals surface area contributed by atoms with E-state index >= 15 is 0 Å². The number of hydrogen-bond acceptors (Lipinski definition) is 5. The first kappa shape index (κ1) is 24.2. The van der Waals surface area contributed by atoms with E-state index in [0.717, 1.165) is 0 Å². The summed E-state index contributed by atoms with van der Waals surface area (Å²) in [7, 11) is -6.47. The number of alkyl halides is 1. The zero-order chi connectivity index (χ0) is 14.8. The fourth-order valence-corrected chi connectivity index (χ4v) is 5.38. The van der Waals surface area contributed by atoms with Gasteiger partial charge in [0, 0.05) is 6.38 Å². The van der Waals surface area contributed by atoms with E-state index in [0.29, 0.717) is 0 Å². The summed E-state index contributed by atoms with van der Waals surface area (Å²) in [6.07, 6.45) is 7.31. The van der Waals surface area contributed by atoms with Crippen molar-refractivity contribution in [3.05, 3.63) is 0 Å². The third kappa shape index (κ3) is 36.0. The second kappa shape index (κ2) is 23.3. The Labute approximate surface area is 127 Å². The Kier molecular flexibility index (Phi) is 31.3. The Morgan fingerprint density at radius 2 is 1.33 bits per heavy atom. The summed E-state index contributed by atoms with van der Waals surface area (Å²) in [6.45, 7) is 4.58. The van der Waals surface area contributed by atoms with Crippen LogP contribution >= 0.6 is 28.1 Å². The molecule has 0 aromatic carbocycles. The van der Waals surface area contributed by atoms with Crippen LogP contribution in [0.1, 0.15) is 39.5 Å². The second-order valence-electron chi connectivity index (χ2n) is 2.99. The zero-order valence-electron chi connectivity index (χ0n) is 11.1. The summed E-state index contributed by atoms with van der Waals surface area (Å²) in [4.78, 5) is 18.5. The molecule has 0 saturated carbocycles. The number of rotatable bonds is 8. The predicted octanol–water partition coefficient (Wildman–Crippen LogP) is 3.02. The third-order valence-corrected chi connectivity index (χ3v) is 6.65. The van der Waals surface area contributed by atoms with Gasteiger partial charge in [-0.15, -0.1) is 11.6 Å². The minimum Gasteiger partial charge on any atom is -0.563 e. The van der Waals surface area contributed by atoms with E-state index in [1.807, 2.05) is 0 Å². The van der Waals surface area contributed by atoms with Gasteiger partial charge in [-0.2, -0.15) is 0 Å². The van der Waals surface area contributed by atoms with E-state index in [-0.39, 0.29) is 21.1 Å². The minimum atomic E-state index is -3.24. The van der Waals surface area contributed by atoms with Gasteiger partial charge in [0.2, 0.25) is 0 Å². The van der Waals surface area contributed by atoms with Gasteiger partial charge in [-0.25, -0.2) is 0 Å². The monoisotopic (exact) mass is 426 g/mol.